The highest BCUT2D eigenvalue weighted by atomic mass is 16.5. The molecule has 17 heavy (non-hydrogen) atoms. The summed E-state index contributed by atoms with van der Waals surface area (Å²) in [7, 11) is 0. The van der Waals surface area contributed by atoms with E-state index in [1.807, 2.05) is 30.3 Å². The number of nitrogens with two attached hydrogens (primary N) is 1. The molecule has 1 aromatic heterocycles. The fraction of sp³-hybridized carbons (Fsp3) is 0.0769. The Bertz CT molecular complexity index is 655. The molecule has 0 aliphatic rings. The zero-order valence-electron chi connectivity index (χ0n) is 9.13. The normalized spacial score (nSPS) is 10.9. The SMILES string of the molecule is NCc1noc(-c2cccc3ccccc23)n1. The van der Waals surface area contributed by atoms with Crippen molar-refractivity contribution in [1.29, 1.82) is 0 Å². The predicted octanol–water partition coefficient (Wildman–Crippen LogP) is 2.35. The van der Waals surface area contributed by atoms with Crippen LogP contribution in [0, 0.1) is 0 Å². The summed E-state index contributed by atoms with van der Waals surface area (Å²) in [5.74, 6) is 1.04. The van der Waals surface area contributed by atoms with Crippen molar-refractivity contribution in [3.63, 3.8) is 0 Å². The minimum Gasteiger partial charge on any atom is -0.334 e. The molecule has 0 spiro atoms. The lowest BCUT2D eigenvalue weighted by Crippen LogP contribution is -1.97. The number of rotatable bonds is 2. The molecule has 3 aromatic rings. The topological polar surface area (TPSA) is 64.9 Å². The van der Waals surface area contributed by atoms with E-state index < -0.39 is 0 Å². The van der Waals surface area contributed by atoms with Gasteiger partial charge in [0.15, 0.2) is 5.82 Å². The van der Waals surface area contributed by atoms with E-state index in [0.29, 0.717) is 11.7 Å². The Kier molecular flexibility index (Phi) is 2.34. The van der Waals surface area contributed by atoms with Crippen LogP contribution in [0.4, 0.5) is 0 Å². The highest BCUT2D eigenvalue weighted by Crippen LogP contribution is 2.26. The molecule has 2 N–H and O–H groups in total. The van der Waals surface area contributed by atoms with Crippen LogP contribution in [0.2, 0.25) is 0 Å². The third-order valence-corrected chi connectivity index (χ3v) is 2.67. The molecular weight excluding hydrogens is 214 g/mol. The van der Waals surface area contributed by atoms with Crippen molar-refractivity contribution in [2.24, 2.45) is 5.73 Å². The first-order valence-corrected chi connectivity index (χ1v) is 5.39. The molecule has 0 fully saturated rings. The molecule has 1 heterocycles. The Morgan fingerprint density at radius 2 is 1.88 bits per heavy atom. The van der Waals surface area contributed by atoms with E-state index in [4.69, 9.17) is 10.3 Å². The van der Waals surface area contributed by atoms with Crippen LogP contribution in [0.25, 0.3) is 22.2 Å². The number of nitrogens with zero attached hydrogens (tertiary/aromatic N) is 2. The monoisotopic (exact) mass is 225 g/mol. The zero-order valence-corrected chi connectivity index (χ0v) is 9.13. The summed E-state index contributed by atoms with van der Waals surface area (Å²) >= 11 is 0. The first-order chi connectivity index (χ1) is 8.38. The summed E-state index contributed by atoms with van der Waals surface area (Å²) in [5.41, 5.74) is 6.41. The lowest BCUT2D eigenvalue weighted by atomic mass is 10.0. The molecule has 0 aliphatic heterocycles. The fourth-order valence-corrected chi connectivity index (χ4v) is 1.86. The summed E-state index contributed by atoms with van der Waals surface area (Å²) in [4.78, 5) is 4.25. The van der Waals surface area contributed by atoms with Crippen molar-refractivity contribution >= 4 is 10.8 Å². The second-order valence-corrected chi connectivity index (χ2v) is 3.75. The summed E-state index contributed by atoms with van der Waals surface area (Å²) in [6.45, 7) is 0.286. The van der Waals surface area contributed by atoms with Gasteiger partial charge in [0.25, 0.3) is 5.89 Å². The van der Waals surface area contributed by atoms with Crippen molar-refractivity contribution in [2.75, 3.05) is 0 Å². The van der Waals surface area contributed by atoms with E-state index >= 15 is 0 Å². The van der Waals surface area contributed by atoms with Crippen LogP contribution < -0.4 is 5.73 Å². The number of aromatic nitrogens is 2. The maximum Gasteiger partial charge on any atom is 0.258 e. The fourth-order valence-electron chi connectivity index (χ4n) is 1.86. The van der Waals surface area contributed by atoms with E-state index in [0.717, 1.165) is 16.3 Å². The predicted molar refractivity (Wildman–Crippen MR) is 65.1 cm³/mol. The molecule has 0 radical (unpaired) electrons. The van der Waals surface area contributed by atoms with Crippen LogP contribution in [-0.2, 0) is 6.54 Å². The molecule has 0 bridgehead atoms. The Morgan fingerprint density at radius 1 is 1.06 bits per heavy atom. The molecule has 0 amide bonds. The second-order valence-electron chi connectivity index (χ2n) is 3.75. The minimum atomic E-state index is 0.286. The number of hydrogen-bond donors (Lipinski definition) is 1. The highest BCUT2D eigenvalue weighted by Gasteiger charge is 2.10. The minimum absolute atomic E-state index is 0.286. The summed E-state index contributed by atoms with van der Waals surface area (Å²) < 4.78 is 5.21. The van der Waals surface area contributed by atoms with Gasteiger partial charge in [0, 0.05) is 5.56 Å². The molecule has 0 unspecified atom stereocenters. The Morgan fingerprint density at radius 3 is 2.71 bits per heavy atom. The van der Waals surface area contributed by atoms with Gasteiger partial charge in [-0.25, -0.2) is 0 Å². The Labute approximate surface area is 98.1 Å². The van der Waals surface area contributed by atoms with Crippen LogP contribution in [0.15, 0.2) is 47.0 Å². The Balaban J connectivity index is 2.23. The third-order valence-electron chi connectivity index (χ3n) is 2.67. The largest absolute Gasteiger partial charge is 0.334 e. The molecule has 84 valence electrons. The van der Waals surface area contributed by atoms with E-state index in [1.54, 1.807) is 0 Å². The average molecular weight is 225 g/mol. The summed E-state index contributed by atoms with van der Waals surface area (Å²) in [5, 5.41) is 6.06. The molecule has 4 nitrogen and oxygen atoms in total. The molecule has 4 heteroatoms. The van der Waals surface area contributed by atoms with Crippen molar-refractivity contribution in [3.8, 4) is 11.5 Å². The van der Waals surface area contributed by atoms with Gasteiger partial charge in [-0.3, -0.25) is 0 Å². The smallest absolute Gasteiger partial charge is 0.258 e. The van der Waals surface area contributed by atoms with E-state index in [2.05, 4.69) is 22.3 Å². The van der Waals surface area contributed by atoms with Crippen molar-refractivity contribution in [2.45, 2.75) is 6.54 Å². The van der Waals surface area contributed by atoms with Gasteiger partial charge in [-0.2, -0.15) is 4.98 Å². The van der Waals surface area contributed by atoms with Gasteiger partial charge in [0.2, 0.25) is 0 Å². The molecule has 0 aliphatic carbocycles. The molecule has 0 saturated heterocycles. The maximum atomic E-state index is 5.47. The van der Waals surface area contributed by atoms with Crippen LogP contribution >= 0.6 is 0 Å². The van der Waals surface area contributed by atoms with Gasteiger partial charge in [-0.15, -0.1) is 0 Å². The van der Waals surface area contributed by atoms with Crippen molar-refractivity contribution < 1.29 is 4.52 Å². The van der Waals surface area contributed by atoms with Crippen LogP contribution in [-0.4, -0.2) is 10.1 Å². The molecule has 0 saturated carbocycles. The van der Waals surface area contributed by atoms with Gasteiger partial charge in [-0.1, -0.05) is 41.6 Å². The highest BCUT2D eigenvalue weighted by molar-refractivity contribution is 5.94. The third kappa shape index (κ3) is 1.68. The number of fused-ring (bicyclic) bond motifs is 1. The van der Waals surface area contributed by atoms with E-state index in [9.17, 15) is 0 Å². The van der Waals surface area contributed by atoms with Crippen molar-refractivity contribution in [3.05, 3.63) is 48.3 Å². The summed E-state index contributed by atoms with van der Waals surface area (Å²) in [6.07, 6.45) is 0. The maximum absolute atomic E-state index is 5.47. The standard InChI is InChI=1S/C13H11N3O/c14-8-12-15-13(17-16-12)11-7-3-5-9-4-1-2-6-10(9)11/h1-7H,8,14H2. The first-order valence-electron chi connectivity index (χ1n) is 5.39. The van der Waals surface area contributed by atoms with Gasteiger partial charge >= 0.3 is 0 Å². The van der Waals surface area contributed by atoms with Crippen LogP contribution in [0.3, 0.4) is 0 Å². The average Bonchev–Trinajstić information content (AvgIpc) is 2.87. The Hall–Kier alpha value is -2.20. The van der Waals surface area contributed by atoms with E-state index in [-0.39, 0.29) is 6.54 Å². The summed E-state index contributed by atoms with van der Waals surface area (Å²) in [6, 6.07) is 14.1. The zero-order chi connectivity index (χ0) is 11.7. The van der Waals surface area contributed by atoms with E-state index in [1.165, 1.54) is 0 Å². The molecular formula is C13H11N3O. The quantitative estimate of drug-likeness (QED) is 0.727. The number of hydrogen-bond acceptors (Lipinski definition) is 4. The van der Waals surface area contributed by atoms with Crippen molar-refractivity contribution in [1.82, 2.24) is 10.1 Å². The van der Waals surface area contributed by atoms with Crippen LogP contribution in [0.1, 0.15) is 5.82 Å². The first kappa shape index (κ1) is 9.99. The van der Waals surface area contributed by atoms with Gasteiger partial charge in [0.1, 0.15) is 0 Å². The van der Waals surface area contributed by atoms with Gasteiger partial charge in [-0.05, 0) is 16.8 Å². The lowest BCUT2D eigenvalue weighted by molar-refractivity contribution is 0.423. The van der Waals surface area contributed by atoms with Gasteiger partial charge in [0.05, 0.1) is 6.54 Å². The van der Waals surface area contributed by atoms with Crippen LogP contribution in [0.5, 0.6) is 0 Å². The molecule has 2 aromatic carbocycles. The second kappa shape index (κ2) is 3.99. The molecule has 0 atom stereocenters. The lowest BCUT2D eigenvalue weighted by Gasteiger charge is -2.01. The van der Waals surface area contributed by atoms with Gasteiger partial charge < -0.3 is 10.3 Å². The number of benzene rings is 2. The molecule has 3 rings (SSSR count).